The van der Waals surface area contributed by atoms with Crippen molar-refractivity contribution in [1.29, 1.82) is 0 Å². The van der Waals surface area contributed by atoms with Crippen LogP contribution in [0.15, 0.2) is 33.5 Å². The number of fused-ring (bicyclic) bond motifs is 5. The minimum absolute atomic E-state index is 0.220. The summed E-state index contributed by atoms with van der Waals surface area (Å²) in [5.41, 5.74) is 6.73. The van der Waals surface area contributed by atoms with Gasteiger partial charge in [-0.2, -0.15) is 0 Å². The van der Waals surface area contributed by atoms with E-state index < -0.39 is 0 Å². The monoisotopic (exact) mass is 381 g/mol. The van der Waals surface area contributed by atoms with E-state index in [2.05, 4.69) is 36.9 Å². The molecule has 138 valence electrons. The van der Waals surface area contributed by atoms with E-state index in [1.807, 2.05) is 6.07 Å². The molecule has 2 aliphatic rings. The number of halogens is 1. The minimum Gasteiger partial charge on any atom is -0.471 e. The average molecular weight is 382 g/mol. The van der Waals surface area contributed by atoms with E-state index in [9.17, 15) is 4.79 Å². The summed E-state index contributed by atoms with van der Waals surface area (Å²) in [7, 11) is 0. The number of hydrogen-bond donors (Lipinski definition) is 0. The van der Waals surface area contributed by atoms with Crippen LogP contribution >= 0.6 is 11.6 Å². The number of rotatable bonds is 1. The van der Waals surface area contributed by atoms with Gasteiger partial charge in [0, 0.05) is 16.6 Å². The van der Waals surface area contributed by atoms with Crippen molar-refractivity contribution in [2.24, 2.45) is 0 Å². The molecule has 0 saturated heterocycles. The highest BCUT2D eigenvalue weighted by molar-refractivity contribution is 6.33. The average Bonchev–Trinajstić information content (AvgIpc) is 3.16. The standard InChI is InChI=1S/C22H20ClNO3/c1-12-6-7-14(8-13(12)2)24-10-18-20-17(9-19(23)21(18)26-11-24)15-4-3-5-16(15)22(25)27-20/h6-9H,3-5,10-11H2,1-2H3. The van der Waals surface area contributed by atoms with Crippen LogP contribution in [0, 0.1) is 13.8 Å². The molecule has 2 aromatic carbocycles. The maximum atomic E-state index is 12.5. The molecule has 0 fully saturated rings. The zero-order valence-corrected chi connectivity index (χ0v) is 16.2. The van der Waals surface area contributed by atoms with Gasteiger partial charge in [0.25, 0.3) is 0 Å². The van der Waals surface area contributed by atoms with Gasteiger partial charge in [0.2, 0.25) is 0 Å². The van der Waals surface area contributed by atoms with Crippen molar-refractivity contribution in [3.8, 4) is 5.75 Å². The molecular formula is C22H20ClNO3. The van der Waals surface area contributed by atoms with Crippen molar-refractivity contribution < 1.29 is 9.15 Å². The second kappa shape index (κ2) is 6.03. The van der Waals surface area contributed by atoms with Crippen LogP contribution in [0.1, 0.15) is 34.2 Å². The Kier molecular flexibility index (Phi) is 3.73. The first-order valence-corrected chi connectivity index (χ1v) is 9.65. The van der Waals surface area contributed by atoms with Gasteiger partial charge in [-0.3, -0.25) is 0 Å². The van der Waals surface area contributed by atoms with Crippen LogP contribution in [0.25, 0.3) is 11.0 Å². The number of benzene rings is 2. The SMILES string of the molecule is Cc1ccc(N2COc3c(Cl)cc4c5c(c(=O)oc4c3C2)CCC5)cc1C. The molecule has 3 aromatic rings. The zero-order chi connectivity index (χ0) is 18.7. The van der Waals surface area contributed by atoms with Crippen LogP contribution in [0.5, 0.6) is 5.75 Å². The van der Waals surface area contributed by atoms with Gasteiger partial charge in [0.1, 0.15) is 11.3 Å². The van der Waals surface area contributed by atoms with Crippen molar-refractivity contribution in [2.45, 2.75) is 39.7 Å². The first-order chi connectivity index (χ1) is 13.0. The number of nitrogens with zero attached hydrogens (tertiary/aromatic N) is 1. The van der Waals surface area contributed by atoms with Crippen LogP contribution in [0.3, 0.4) is 0 Å². The molecule has 5 rings (SSSR count). The Hall–Kier alpha value is -2.46. The Bertz CT molecular complexity index is 1150. The Morgan fingerprint density at radius 2 is 1.85 bits per heavy atom. The van der Waals surface area contributed by atoms with Gasteiger partial charge >= 0.3 is 5.63 Å². The van der Waals surface area contributed by atoms with Gasteiger partial charge < -0.3 is 14.1 Å². The van der Waals surface area contributed by atoms with Crippen LogP contribution in [-0.2, 0) is 19.4 Å². The third kappa shape index (κ3) is 2.54. The third-order valence-electron chi connectivity index (χ3n) is 5.83. The van der Waals surface area contributed by atoms with Gasteiger partial charge in [0.15, 0.2) is 6.73 Å². The van der Waals surface area contributed by atoms with E-state index in [4.69, 9.17) is 20.8 Å². The maximum absolute atomic E-state index is 12.5. The smallest absolute Gasteiger partial charge is 0.339 e. The van der Waals surface area contributed by atoms with Crippen LogP contribution in [0.4, 0.5) is 5.69 Å². The second-order valence-corrected chi connectivity index (χ2v) is 7.89. The fraction of sp³-hybridized carbons (Fsp3) is 0.318. The lowest BCUT2D eigenvalue weighted by Gasteiger charge is -2.32. The van der Waals surface area contributed by atoms with Gasteiger partial charge in [-0.25, -0.2) is 4.79 Å². The van der Waals surface area contributed by atoms with Crippen LogP contribution < -0.4 is 15.3 Å². The highest BCUT2D eigenvalue weighted by Crippen LogP contribution is 2.41. The zero-order valence-electron chi connectivity index (χ0n) is 15.4. The predicted molar refractivity (Wildman–Crippen MR) is 107 cm³/mol. The van der Waals surface area contributed by atoms with E-state index in [1.165, 1.54) is 11.1 Å². The highest BCUT2D eigenvalue weighted by Gasteiger charge is 2.28. The lowest BCUT2D eigenvalue weighted by atomic mass is 10.0. The molecule has 0 amide bonds. The van der Waals surface area contributed by atoms with E-state index >= 15 is 0 Å². The molecule has 0 bridgehead atoms. The topological polar surface area (TPSA) is 42.7 Å². The van der Waals surface area contributed by atoms with Crippen molar-refractivity contribution in [2.75, 3.05) is 11.6 Å². The molecule has 1 aliphatic heterocycles. The molecule has 0 N–H and O–H groups in total. The van der Waals surface area contributed by atoms with Crippen LogP contribution in [0.2, 0.25) is 5.02 Å². The fourth-order valence-corrected chi connectivity index (χ4v) is 4.47. The van der Waals surface area contributed by atoms with Crippen molar-refractivity contribution in [3.63, 3.8) is 0 Å². The first kappa shape index (κ1) is 16.7. The summed E-state index contributed by atoms with van der Waals surface area (Å²) < 4.78 is 11.8. The lowest BCUT2D eigenvalue weighted by molar-refractivity contribution is 0.289. The molecule has 0 atom stereocenters. The predicted octanol–water partition coefficient (Wildman–Crippen LogP) is 4.91. The Balaban J connectivity index is 1.68. The highest BCUT2D eigenvalue weighted by atomic mass is 35.5. The summed E-state index contributed by atoms with van der Waals surface area (Å²) in [6.45, 7) is 5.21. The summed E-state index contributed by atoms with van der Waals surface area (Å²) in [4.78, 5) is 14.6. The van der Waals surface area contributed by atoms with E-state index in [1.54, 1.807) is 0 Å². The fourth-order valence-electron chi connectivity index (χ4n) is 4.20. The number of aryl methyl sites for hydroxylation is 3. The van der Waals surface area contributed by atoms with E-state index in [-0.39, 0.29) is 5.63 Å². The van der Waals surface area contributed by atoms with E-state index in [0.29, 0.717) is 29.6 Å². The van der Waals surface area contributed by atoms with Crippen molar-refractivity contribution >= 4 is 28.3 Å². The molecule has 2 heterocycles. The van der Waals surface area contributed by atoms with Gasteiger partial charge in [-0.1, -0.05) is 17.7 Å². The molecule has 5 heteroatoms. The first-order valence-electron chi connectivity index (χ1n) is 9.28. The van der Waals surface area contributed by atoms with Crippen LogP contribution in [-0.4, -0.2) is 6.73 Å². The summed E-state index contributed by atoms with van der Waals surface area (Å²) in [6, 6.07) is 8.26. The molecule has 0 saturated carbocycles. The Morgan fingerprint density at radius 3 is 2.67 bits per heavy atom. The molecule has 0 radical (unpaired) electrons. The molecule has 0 unspecified atom stereocenters. The van der Waals surface area contributed by atoms with Gasteiger partial charge in [0.05, 0.1) is 17.1 Å². The molecule has 4 nitrogen and oxygen atoms in total. The molecular weight excluding hydrogens is 362 g/mol. The third-order valence-corrected chi connectivity index (χ3v) is 6.11. The lowest BCUT2D eigenvalue weighted by Crippen LogP contribution is -2.32. The minimum atomic E-state index is -0.220. The number of ether oxygens (including phenoxy) is 1. The molecule has 1 aromatic heterocycles. The summed E-state index contributed by atoms with van der Waals surface area (Å²) in [5, 5.41) is 1.54. The summed E-state index contributed by atoms with van der Waals surface area (Å²) in [5.74, 6) is 0.630. The molecule has 27 heavy (non-hydrogen) atoms. The van der Waals surface area contributed by atoms with E-state index in [0.717, 1.165) is 47.0 Å². The van der Waals surface area contributed by atoms with Gasteiger partial charge in [-0.15, -0.1) is 0 Å². The number of anilines is 1. The quantitative estimate of drug-likeness (QED) is 0.562. The normalized spacial score (nSPS) is 15.6. The largest absolute Gasteiger partial charge is 0.471 e. The summed E-state index contributed by atoms with van der Waals surface area (Å²) >= 11 is 6.54. The number of hydrogen-bond acceptors (Lipinski definition) is 4. The Morgan fingerprint density at radius 1 is 1.04 bits per heavy atom. The maximum Gasteiger partial charge on any atom is 0.339 e. The molecule has 1 aliphatic carbocycles. The second-order valence-electron chi connectivity index (χ2n) is 7.48. The van der Waals surface area contributed by atoms with Gasteiger partial charge in [-0.05, 0) is 68.0 Å². The Labute approximate surface area is 162 Å². The molecule has 0 spiro atoms. The van der Waals surface area contributed by atoms with Crippen molar-refractivity contribution in [3.05, 3.63) is 67.5 Å². The van der Waals surface area contributed by atoms with Crippen molar-refractivity contribution in [1.82, 2.24) is 0 Å². The summed E-state index contributed by atoms with van der Waals surface area (Å²) in [6.07, 6.45) is 2.67.